The first-order valence-corrected chi connectivity index (χ1v) is 5.40. The Hall–Kier alpha value is -1.11. The molecule has 0 heterocycles. The topological polar surface area (TPSA) is 17.1 Å². The average Bonchev–Trinajstić information content (AvgIpc) is 2.06. The van der Waals surface area contributed by atoms with Crippen molar-refractivity contribution in [3.05, 3.63) is 34.9 Å². The lowest BCUT2D eigenvalue weighted by molar-refractivity contribution is 0.0940. The molecule has 0 atom stereocenters. The summed E-state index contributed by atoms with van der Waals surface area (Å²) in [7, 11) is 0. The van der Waals surface area contributed by atoms with E-state index >= 15 is 0 Å². The molecule has 0 bridgehead atoms. The zero-order valence-electron chi connectivity index (χ0n) is 10.3. The van der Waals surface area contributed by atoms with E-state index in [-0.39, 0.29) is 11.2 Å². The maximum Gasteiger partial charge on any atom is 0.163 e. The van der Waals surface area contributed by atoms with Crippen molar-refractivity contribution in [2.24, 2.45) is 5.41 Å². The van der Waals surface area contributed by atoms with Crippen molar-refractivity contribution < 1.29 is 4.79 Å². The van der Waals surface area contributed by atoms with E-state index in [9.17, 15) is 4.79 Å². The second kappa shape index (κ2) is 4.18. The number of benzene rings is 1. The Balaban J connectivity index is 2.88. The van der Waals surface area contributed by atoms with Crippen LogP contribution >= 0.6 is 0 Å². The molecule has 0 amide bonds. The van der Waals surface area contributed by atoms with Crippen molar-refractivity contribution >= 4 is 5.78 Å². The quantitative estimate of drug-likeness (QED) is 0.667. The number of hydrogen-bond donors (Lipinski definition) is 0. The highest BCUT2D eigenvalue weighted by Crippen LogP contribution is 2.22. The number of rotatable bonds is 2. The van der Waals surface area contributed by atoms with Crippen molar-refractivity contribution in [1.82, 2.24) is 0 Å². The van der Waals surface area contributed by atoms with E-state index in [0.29, 0.717) is 6.42 Å². The third-order valence-electron chi connectivity index (χ3n) is 2.52. The summed E-state index contributed by atoms with van der Waals surface area (Å²) >= 11 is 0. The first-order valence-electron chi connectivity index (χ1n) is 5.40. The van der Waals surface area contributed by atoms with Gasteiger partial charge in [-0.2, -0.15) is 0 Å². The van der Waals surface area contributed by atoms with Gasteiger partial charge in [-0.05, 0) is 36.5 Å². The minimum absolute atomic E-state index is 0.0654. The molecular formula is C14H20O. The normalized spacial score (nSPS) is 11.5. The largest absolute Gasteiger partial charge is 0.294 e. The van der Waals surface area contributed by atoms with Gasteiger partial charge in [-0.3, -0.25) is 4.79 Å². The van der Waals surface area contributed by atoms with Gasteiger partial charge in [0.05, 0.1) is 0 Å². The van der Waals surface area contributed by atoms with Crippen LogP contribution in [0.15, 0.2) is 18.2 Å². The minimum atomic E-state index is 0.0654. The van der Waals surface area contributed by atoms with Gasteiger partial charge in [-0.1, -0.05) is 32.9 Å². The van der Waals surface area contributed by atoms with E-state index in [2.05, 4.69) is 27.7 Å². The molecule has 0 fully saturated rings. The Morgan fingerprint density at radius 2 is 1.73 bits per heavy atom. The lowest BCUT2D eigenvalue weighted by atomic mass is 9.87. The Labute approximate surface area is 92.5 Å². The van der Waals surface area contributed by atoms with E-state index in [1.54, 1.807) is 0 Å². The average molecular weight is 204 g/mol. The standard InChI is InChI=1S/C14H20O/c1-10-6-7-12(8-11(10)2)13(15)9-14(3,4)5/h6-8H,9H2,1-5H3. The zero-order chi connectivity index (χ0) is 11.6. The third kappa shape index (κ3) is 3.50. The second-order valence-corrected chi connectivity index (χ2v) is 5.46. The molecule has 1 aromatic carbocycles. The predicted molar refractivity (Wildman–Crippen MR) is 64.3 cm³/mol. The number of aryl methyl sites for hydroxylation is 2. The summed E-state index contributed by atoms with van der Waals surface area (Å²) < 4.78 is 0. The van der Waals surface area contributed by atoms with E-state index < -0.39 is 0 Å². The van der Waals surface area contributed by atoms with E-state index in [1.807, 2.05) is 25.1 Å². The molecule has 1 aromatic rings. The smallest absolute Gasteiger partial charge is 0.163 e. The highest BCUT2D eigenvalue weighted by atomic mass is 16.1. The molecule has 0 radical (unpaired) electrons. The Morgan fingerprint density at radius 1 is 1.13 bits per heavy atom. The number of carbonyl (C=O) groups excluding carboxylic acids is 1. The van der Waals surface area contributed by atoms with Gasteiger partial charge in [0.15, 0.2) is 5.78 Å². The minimum Gasteiger partial charge on any atom is -0.294 e. The highest BCUT2D eigenvalue weighted by Gasteiger charge is 2.17. The molecular weight excluding hydrogens is 184 g/mol. The van der Waals surface area contributed by atoms with Gasteiger partial charge in [0.1, 0.15) is 0 Å². The summed E-state index contributed by atoms with van der Waals surface area (Å²) in [6.07, 6.45) is 0.607. The van der Waals surface area contributed by atoms with Crippen molar-refractivity contribution in [3.63, 3.8) is 0 Å². The molecule has 1 rings (SSSR count). The van der Waals surface area contributed by atoms with Crippen molar-refractivity contribution in [3.8, 4) is 0 Å². The van der Waals surface area contributed by atoms with Crippen LogP contribution in [0.25, 0.3) is 0 Å². The lowest BCUT2D eigenvalue weighted by Gasteiger charge is -2.17. The van der Waals surface area contributed by atoms with Crippen LogP contribution in [-0.2, 0) is 0 Å². The molecule has 0 saturated heterocycles. The number of carbonyl (C=O) groups is 1. The Kier molecular flexibility index (Phi) is 3.33. The van der Waals surface area contributed by atoms with Gasteiger partial charge >= 0.3 is 0 Å². The maximum atomic E-state index is 11.9. The van der Waals surface area contributed by atoms with Crippen molar-refractivity contribution in [2.75, 3.05) is 0 Å². The van der Waals surface area contributed by atoms with E-state index in [1.165, 1.54) is 11.1 Å². The molecule has 0 aromatic heterocycles. The molecule has 1 nitrogen and oxygen atoms in total. The van der Waals surface area contributed by atoms with Crippen LogP contribution < -0.4 is 0 Å². The summed E-state index contributed by atoms with van der Waals surface area (Å²) in [6.45, 7) is 10.4. The lowest BCUT2D eigenvalue weighted by Crippen LogP contribution is -2.13. The van der Waals surface area contributed by atoms with E-state index in [4.69, 9.17) is 0 Å². The fourth-order valence-electron chi connectivity index (χ4n) is 1.50. The van der Waals surface area contributed by atoms with Crippen LogP contribution in [0.4, 0.5) is 0 Å². The first kappa shape index (κ1) is 12.0. The number of Topliss-reactive ketones (excluding diaryl/α,β-unsaturated/α-hetero) is 1. The van der Waals surface area contributed by atoms with Crippen LogP contribution in [0.2, 0.25) is 0 Å². The first-order chi connectivity index (χ1) is 6.79. The van der Waals surface area contributed by atoms with E-state index in [0.717, 1.165) is 5.56 Å². The second-order valence-electron chi connectivity index (χ2n) is 5.46. The van der Waals surface area contributed by atoms with Crippen LogP contribution in [-0.4, -0.2) is 5.78 Å². The van der Waals surface area contributed by atoms with Crippen molar-refractivity contribution in [2.45, 2.75) is 41.0 Å². The third-order valence-corrected chi connectivity index (χ3v) is 2.52. The SMILES string of the molecule is Cc1ccc(C(=O)CC(C)(C)C)cc1C. The van der Waals surface area contributed by atoms with Crippen LogP contribution in [0, 0.1) is 19.3 Å². The molecule has 0 aliphatic carbocycles. The maximum absolute atomic E-state index is 11.9. The molecule has 15 heavy (non-hydrogen) atoms. The summed E-state index contributed by atoms with van der Waals surface area (Å²) in [5.74, 6) is 0.241. The summed E-state index contributed by atoms with van der Waals surface area (Å²) in [6, 6.07) is 5.94. The van der Waals surface area contributed by atoms with Gasteiger partial charge in [0.2, 0.25) is 0 Å². The van der Waals surface area contributed by atoms with Crippen LogP contribution in [0.5, 0.6) is 0 Å². The number of hydrogen-bond acceptors (Lipinski definition) is 1. The zero-order valence-corrected chi connectivity index (χ0v) is 10.3. The molecule has 0 unspecified atom stereocenters. The van der Waals surface area contributed by atoms with Crippen LogP contribution in [0.1, 0.15) is 48.7 Å². The molecule has 1 heteroatoms. The Morgan fingerprint density at radius 3 is 2.20 bits per heavy atom. The molecule has 82 valence electrons. The highest BCUT2D eigenvalue weighted by molar-refractivity contribution is 5.96. The van der Waals surface area contributed by atoms with Gasteiger partial charge in [0, 0.05) is 12.0 Å². The summed E-state index contributed by atoms with van der Waals surface area (Å²) in [5, 5.41) is 0. The molecule has 0 aliphatic heterocycles. The molecule has 0 N–H and O–H groups in total. The predicted octanol–water partition coefficient (Wildman–Crippen LogP) is 3.92. The summed E-state index contributed by atoms with van der Waals surface area (Å²) in [5.41, 5.74) is 3.33. The molecule has 0 spiro atoms. The monoisotopic (exact) mass is 204 g/mol. The van der Waals surface area contributed by atoms with Crippen molar-refractivity contribution in [1.29, 1.82) is 0 Å². The van der Waals surface area contributed by atoms with Gasteiger partial charge in [-0.15, -0.1) is 0 Å². The Bertz CT molecular complexity index is 369. The fourth-order valence-corrected chi connectivity index (χ4v) is 1.50. The van der Waals surface area contributed by atoms with Gasteiger partial charge < -0.3 is 0 Å². The molecule has 0 saturated carbocycles. The fraction of sp³-hybridized carbons (Fsp3) is 0.500. The number of ketones is 1. The van der Waals surface area contributed by atoms with Crippen LogP contribution in [0.3, 0.4) is 0 Å². The molecule has 0 aliphatic rings. The summed E-state index contributed by atoms with van der Waals surface area (Å²) in [4.78, 5) is 11.9. The van der Waals surface area contributed by atoms with Gasteiger partial charge in [0.25, 0.3) is 0 Å². The van der Waals surface area contributed by atoms with Gasteiger partial charge in [-0.25, -0.2) is 0 Å².